The molecule has 2 aromatic rings. The largest absolute Gasteiger partial charge is 0.349 e. The summed E-state index contributed by atoms with van der Waals surface area (Å²) in [5.74, 6) is 0.433. The van der Waals surface area contributed by atoms with Crippen molar-refractivity contribution in [3.05, 3.63) is 58.4 Å². The maximum Gasteiger partial charge on any atom is 0.262 e. The van der Waals surface area contributed by atoms with E-state index < -0.39 is 0 Å². The summed E-state index contributed by atoms with van der Waals surface area (Å²) in [5.41, 5.74) is 5.80. The van der Waals surface area contributed by atoms with Gasteiger partial charge in [0.25, 0.3) is 5.91 Å². The van der Waals surface area contributed by atoms with Gasteiger partial charge in [0.1, 0.15) is 11.6 Å². The molecule has 2 aliphatic rings. The first kappa shape index (κ1) is 19.5. The zero-order valence-corrected chi connectivity index (χ0v) is 17.4. The number of nitrogens with one attached hydrogen (secondary N) is 1. The first-order valence-corrected chi connectivity index (χ1v) is 10.8. The topological polar surface area (TPSA) is 57.8 Å². The van der Waals surface area contributed by atoms with Gasteiger partial charge in [-0.25, -0.2) is 0 Å². The lowest BCUT2D eigenvalue weighted by atomic mass is 9.84. The predicted octanol–water partition coefficient (Wildman–Crippen LogP) is 5.33. The van der Waals surface area contributed by atoms with Gasteiger partial charge >= 0.3 is 0 Å². The Morgan fingerprint density at radius 3 is 2.41 bits per heavy atom. The Hall–Kier alpha value is -2.80. The van der Waals surface area contributed by atoms with Crippen molar-refractivity contribution < 1.29 is 4.79 Å². The molecule has 0 saturated heterocycles. The molecule has 0 spiro atoms. The maximum atomic E-state index is 12.3. The zero-order chi connectivity index (χ0) is 20.4. The molecule has 4 nitrogen and oxygen atoms in total. The van der Waals surface area contributed by atoms with E-state index in [4.69, 9.17) is 0 Å². The van der Waals surface area contributed by atoms with Crippen molar-refractivity contribution in [1.82, 2.24) is 9.88 Å². The van der Waals surface area contributed by atoms with E-state index in [-0.39, 0.29) is 17.5 Å². The highest BCUT2D eigenvalue weighted by atomic mass is 16.1. The van der Waals surface area contributed by atoms with Crippen molar-refractivity contribution in [2.24, 2.45) is 0 Å². The SMILES string of the molecule is Cc1cc(/C=C(\C#N)C(=O)NC2CC2)c(C)n1-c1ccc(C2CCCCC2)cc1. The van der Waals surface area contributed by atoms with Gasteiger partial charge in [-0.05, 0) is 80.9 Å². The van der Waals surface area contributed by atoms with Crippen molar-refractivity contribution >= 4 is 12.0 Å². The van der Waals surface area contributed by atoms with Crippen LogP contribution in [0.4, 0.5) is 0 Å². The summed E-state index contributed by atoms with van der Waals surface area (Å²) >= 11 is 0. The van der Waals surface area contributed by atoms with Crippen LogP contribution in [0.1, 0.15) is 73.4 Å². The average molecular weight is 388 g/mol. The molecular weight excluding hydrogens is 358 g/mol. The number of aromatic nitrogens is 1. The third kappa shape index (κ3) is 4.29. The molecule has 2 fully saturated rings. The quantitative estimate of drug-likeness (QED) is 0.557. The molecule has 29 heavy (non-hydrogen) atoms. The number of carbonyl (C=O) groups excluding carboxylic acids is 1. The number of aryl methyl sites for hydroxylation is 1. The Morgan fingerprint density at radius 1 is 1.10 bits per heavy atom. The monoisotopic (exact) mass is 387 g/mol. The normalized spacial score (nSPS) is 17.8. The Morgan fingerprint density at radius 2 is 1.79 bits per heavy atom. The summed E-state index contributed by atoms with van der Waals surface area (Å²) in [7, 11) is 0. The molecule has 4 heteroatoms. The van der Waals surface area contributed by atoms with Gasteiger partial charge < -0.3 is 9.88 Å². The van der Waals surface area contributed by atoms with Crippen molar-refractivity contribution in [1.29, 1.82) is 5.26 Å². The lowest BCUT2D eigenvalue weighted by Crippen LogP contribution is -2.26. The van der Waals surface area contributed by atoms with E-state index in [0.717, 1.165) is 35.5 Å². The molecule has 0 aliphatic heterocycles. The minimum Gasteiger partial charge on any atom is -0.349 e. The summed E-state index contributed by atoms with van der Waals surface area (Å²) in [6.07, 6.45) is 10.4. The molecule has 0 atom stereocenters. The molecule has 150 valence electrons. The van der Waals surface area contributed by atoms with E-state index in [0.29, 0.717) is 5.92 Å². The molecule has 4 rings (SSSR count). The molecular formula is C25H29N3O. The minimum absolute atomic E-state index is 0.171. The van der Waals surface area contributed by atoms with Crippen LogP contribution in [0.3, 0.4) is 0 Å². The highest BCUT2D eigenvalue weighted by Gasteiger charge is 2.25. The molecule has 0 unspecified atom stereocenters. The van der Waals surface area contributed by atoms with Crippen molar-refractivity contribution in [3.63, 3.8) is 0 Å². The summed E-state index contributed by atoms with van der Waals surface area (Å²) in [6, 6.07) is 13.3. The van der Waals surface area contributed by atoms with Gasteiger partial charge in [-0.2, -0.15) is 5.26 Å². The predicted molar refractivity (Wildman–Crippen MR) is 116 cm³/mol. The van der Waals surface area contributed by atoms with E-state index in [1.807, 2.05) is 13.0 Å². The molecule has 1 aromatic heterocycles. The highest BCUT2D eigenvalue weighted by Crippen LogP contribution is 2.33. The number of rotatable bonds is 5. The third-order valence-electron chi connectivity index (χ3n) is 6.28. The molecule has 0 radical (unpaired) electrons. The van der Waals surface area contributed by atoms with Crippen LogP contribution in [-0.2, 0) is 4.79 Å². The molecule has 2 aliphatic carbocycles. The maximum absolute atomic E-state index is 12.3. The van der Waals surface area contributed by atoms with Crippen molar-refractivity contribution in [3.8, 4) is 11.8 Å². The van der Waals surface area contributed by atoms with Gasteiger partial charge in [0, 0.05) is 23.1 Å². The Labute approximate surface area is 173 Å². The van der Waals surface area contributed by atoms with Crippen LogP contribution >= 0.6 is 0 Å². The van der Waals surface area contributed by atoms with E-state index >= 15 is 0 Å². The first-order chi connectivity index (χ1) is 14.1. The standard InChI is InChI=1S/C25H29N3O/c1-17-14-21(15-22(16-26)25(29)27-23-10-11-23)18(2)28(17)24-12-8-20(9-13-24)19-6-4-3-5-7-19/h8-9,12-15,19,23H,3-7,10-11H2,1-2H3,(H,27,29)/b22-15+. The van der Waals surface area contributed by atoms with E-state index in [1.165, 1.54) is 37.7 Å². The number of nitrogens with zero attached hydrogens (tertiary/aromatic N) is 2. The van der Waals surface area contributed by atoms with Crippen LogP contribution in [0, 0.1) is 25.2 Å². The first-order valence-electron chi connectivity index (χ1n) is 10.8. The van der Waals surface area contributed by atoms with Gasteiger partial charge in [-0.1, -0.05) is 31.4 Å². The number of amides is 1. The Kier molecular flexibility index (Phi) is 5.58. The molecule has 2 saturated carbocycles. The number of nitriles is 1. The number of benzene rings is 1. The van der Waals surface area contributed by atoms with Gasteiger partial charge in [-0.3, -0.25) is 4.79 Å². The second-order valence-corrected chi connectivity index (χ2v) is 8.51. The average Bonchev–Trinajstić information content (AvgIpc) is 3.51. The summed E-state index contributed by atoms with van der Waals surface area (Å²) in [6.45, 7) is 4.11. The molecule has 0 bridgehead atoms. The van der Waals surface area contributed by atoms with Gasteiger partial charge in [0.2, 0.25) is 0 Å². The Balaban J connectivity index is 1.59. The van der Waals surface area contributed by atoms with Crippen LogP contribution in [0.5, 0.6) is 0 Å². The molecule has 1 amide bonds. The van der Waals surface area contributed by atoms with E-state index in [1.54, 1.807) is 6.08 Å². The van der Waals surface area contributed by atoms with E-state index in [9.17, 15) is 10.1 Å². The summed E-state index contributed by atoms with van der Waals surface area (Å²) < 4.78 is 2.20. The lowest BCUT2D eigenvalue weighted by molar-refractivity contribution is -0.117. The van der Waals surface area contributed by atoms with E-state index in [2.05, 4.69) is 47.1 Å². The van der Waals surface area contributed by atoms with Crippen molar-refractivity contribution in [2.45, 2.75) is 70.8 Å². The van der Waals surface area contributed by atoms with Gasteiger partial charge in [0.05, 0.1) is 0 Å². The van der Waals surface area contributed by atoms with Crippen molar-refractivity contribution in [2.75, 3.05) is 0 Å². The van der Waals surface area contributed by atoms with Gasteiger partial charge in [-0.15, -0.1) is 0 Å². The number of carbonyl (C=O) groups is 1. The summed E-state index contributed by atoms with van der Waals surface area (Å²) in [4.78, 5) is 12.3. The minimum atomic E-state index is -0.267. The smallest absolute Gasteiger partial charge is 0.262 e. The fourth-order valence-corrected chi connectivity index (χ4v) is 4.46. The second kappa shape index (κ2) is 8.29. The lowest BCUT2D eigenvalue weighted by Gasteiger charge is -2.22. The molecule has 1 heterocycles. The zero-order valence-electron chi connectivity index (χ0n) is 17.4. The number of hydrogen-bond acceptors (Lipinski definition) is 2. The van der Waals surface area contributed by atoms with Crippen LogP contribution in [0.2, 0.25) is 0 Å². The van der Waals surface area contributed by atoms with Crippen LogP contribution in [-0.4, -0.2) is 16.5 Å². The Bertz CT molecular complexity index is 965. The third-order valence-corrected chi connectivity index (χ3v) is 6.28. The highest BCUT2D eigenvalue weighted by molar-refractivity contribution is 6.02. The van der Waals surface area contributed by atoms with Crippen LogP contribution in [0.25, 0.3) is 11.8 Å². The number of hydrogen-bond donors (Lipinski definition) is 1. The summed E-state index contributed by atoms with van der Waals surface area (Å²) in [5, 5.41) is 12.3. The second-order valence-electron chi connectivity index (χ2n) is 8.51. The molecule has 1 aromatic carbocycles. The fourth-order valence-electron chi connectivity index (χ4n) is 4.46. The van der Waals surface area contributed by atoms with Gasteiger partial charge in [0.15, 0.2) is 0 Å². The van der Waals surface area contributed by atoms with Crippen LogP contribution < -0.4 is 5.32 Å². The fraction of sp³-hybridized carbons (Fsp3) is 0.440. The molecule has 1 N–H and O–H groups in total. The van der Waals surface area contributed by atoms with Crippen LogP contribution in [0.15, 0.2) is 35.9 Å².